The Morgan fingerprint density at radius 2 is 1.95 bits per heavy atom. The third-order valence-corrected chi connectivity index (χ3v) is 5.28. The van der Waals surface area contributed by atoms with Gasteiger partial charge in [-0.2, -0.15) is 0 Å². The zero-order valence-electron chi connectivity index (χ0n) is 12.3. The highest BCUT2D eigenvalue weighted by Gasteiger charge is 2.16. The van der Waals surface area contributed by atoms with Gasteiger partial charge in [-0.3, -0.25) is 9.52 Å². The third kappa shape index (κ3) is 4.28. The van der Waals surface area contributed by atoms with Crippen LogP contribution in [0.4, 0.5) is 5.13 Å². The van der Waals surface area contributed by atoms with Crippen LogP contribution in [0.2, 0.25) is 0 Å². The molecule has 1 aromatic heterocycles. The topological polar surface area (TPSA) is 88.2 Å². The van der Waals surface area contributed by atoms with Gasteiger partial charge in [0, 0.05) is 18.8 Å². The summed E-state index contributed by atoms with van der Waals surface area (Å²) < 4.78 is 26.9. The Labute approximate surface area is 133 Å². The van der Waals surface area contributed by atoms with Gasteiger partial charge in [-0.1, -0.05) is 17.7 Å². The number of benzene rings is 1. The Hall–Kier alpha value is -1.93. The number of amides is 1. The minimum atomic E-state index is -3.63. The first kappa shape index (κ1) is 16.4. The number of hydrogen-bond donors (Lipinski definition) is 2. The molecule has 6 nitrogen and oxygen atoms in total. The van der Waals surface area contributed by atoms with Crippen molar-refractivity contribution in [3.8, 4) is 0 Å². The monoisotopic (exact) mass is 339 g/mol. The van der Waals surface area contributed by atoms with Crippen molar-refractivity contribution in [2.24, 2.45) is 0 Å². The normalized spacial score (nSPS) is 11.2. The summed E-state index contributed by atoms with van der Waals surface area (Å²) in [6.07, 6.45) is 0.798. The molecule has 2 aromatic rings. The Kier molecular flexibility index (Phi) is 5.15. The summed E-state index contributed by atoms with van der Waals surface area (Å²) in [5, 5.41) is 4.58. The molecule has 1 heterocycles. The molecule has 1 aromatic carbocycles. The van der Waals surface area contributed by atoms with Crippen LogP contribution in [0.25, 0.3) is 0 Å². The molecule has 0 bridgehead atoms. The molecule has 2 rings (SSSR count). The zero-order valence-corrected chi connectivity index (χ0v) is 13.9. The van der Waals surface area contributed by atoms with Crippen LogP contribution in [-0.2, 0) is 21.2 Å². The van der Waals surface area contributed by atoms with Crippen LogP contribution in [0.3, 0.4) is 0 Å². The average Bonchev–Trinajstić information content (AvgIpc) is 2.92. The first-order chi connectivity index (χ1) is 10.4. The maximum Gasteiger partial charge on any atom is 0.263 e. The number of anilines is 1. The molecule has 0 atom stereocenters. The molecular formula is C14H17N3O3S2. The molecule has 8 heteroatoms. The summed E-state index contributed by atoms with van der Waals surface area (Å²) >= 11 is 1.20. The highest BCUT2D eigenvalue weighted by Crippen LogP contribution is 2.21. The minimum Gasteiger partial charge on any atom is -0.359 e. The largest absolute Gasteiger partial charge is 0.359 e. The van der Waals surface area contributed by atoms with Gasteiger partial charge in [-0.15, -0.1) is 11.3 Å². The van der Waals surface area contributed by atoms with E-state index in [4.69, 9.17) is 0 Å². The number of carbonyl (C=O) groups is 1. The van der Waals surface area contributed by atoms with E-state index in [0.717, 1.165) is 5.56 Å². The first-order valence-electron chi connectivity index (χ1n) is 6.65. The Balaban J connectivity index is 2.05. The van der Waals surface area contributed by atoms with Gasteiger partial charge in [0.15, 0.2) is 5.13 Å². The van der Waals surface area contributed by atoms with Crippen molar-refractivity contribution < 1.29 is 13.2 Å². The van der Waals surface area contributed by atoms with Crippen molar-refractivity contribution in [2.75, 3.05) is 11.8 Å². The van der Waals surface area contributed by atoms with E-state index in [1.54, 1.807) is 36.7 Å². The van der Waals surface area contributed by atoms with Crippen molar-refractivity contribution in [2.45, 2.75) is 24.7 Å². The maximum atomic E-state index is 12.2. The highest BCUT2D eigenvalue weighted by atomic mass is 32.2. The van der Waals surface area contributed by atoms with E-state index < -0.39 is 10.0 Å². The lowest BCUT2D eigenvalue weighted by atomic mass is 10.2. The van der Waals surface area contributed by atoms with E-state index in [9.17, 15) is 13.2 Å². The number of aromatic nitrogens is 1. The lowest BCUT2D eigenvalue weighted by Gasteiger charge is -2.05. The van der Waals surface area contributed by atoms with Gasteiger partial charge < -0.3 is 5.32 Å². The summed E-state index contributed by atoms with van der Waals surface area (Å²) in [5.41, 5.74) is 1.68. The molecule has 0 aliphatic heterocycles. The molecule has 0 aliphatic rings. The molecule has 0 radical (unpaired) electrons. The summed E-state index contributed by atoms with van der Waals surface area (Å²) in [4.78, 5) is 15.6. The van der Waals surface area contributed by atoms with Crippen molar-refractivity contribution in [1.82, 2.24) is 10.3 Å². The number of rotatable bonds is 6. The molecule has 0 fully saturated rings. The van der Waals surface area contributed by atoms with Crippen molar-refractivity contribution >= 4 is 32.4 Å². The summed E-state index contributed by atoms with van der Waals surface area (Å²) in [6.45, 7) is 1.89. The molecule has 0 unspecified atom stereocenters. The van der Waals surface area contributed by atoms with Gasteiger partial charge in [-0.25, -0.2) is 13.4 Å². The summed E-state index contributed by atoms with van der Waals surface area (Å²) in [6, 6.07) is 6.59. The molecule has 1 amide bonds. The predicted molar refractivity (Wildman–Crippen MR) is 86.5 cm³/mol. The lowest BCUT2D eigenvalue weighted by molar-refractivity contribution is -0.120. The average molecular weight is 339 g/mol. The molecular weight excluding hydrogens is 322 g/mol. The van der Waals surface area contributed by atoms with E-state index in [0.29, 0.717) is 23.7 Å². The number of sulfonamides is 1. The van der Waals surface area contributed by atoms with Gasteiger partial charge in [-0.05, 0) is 25.5 Å². The number of hydrogen-bond acceptors (Lipinski definition) is 5. The van der Waals surface area contributed by atoms with Crippen LogP contribution in [0.1, 0.15) is 17.7 Å². The lowest BCUT2D eigenvalue weighted by Crippen LogP contribution is -2.18. The number of nitrogens with one attached hydrogen (secondary N) is 2. The fourth-order valence-electron chi connectivity index (χ4n) is 1.73. The summed E-state index contributed by atoms with van der Waals surface area (Å²) in [7, 11) is -2.06. The second kappa shape index (κ2) is 6.89. The smallest absolute Gasteiger partial charge is 0.263 e. The second-order valence-electron chi connectivity index (χ2n) is 4.74. The SMILES string of the molecule is CNC(=O)CCc1csc(NS(=O)(=O)c2ccc(C)cc2)n1. The number of aryl methyl sites for hydroxylation is 2. The van der Waals surface area contributed by atoms with Crippen LogP contribution in [0.5, 0.6) is 0 Å². The fraction of sp³-hybridized carbons (Fsp3) is 0.286. The first-order valence-corrected chi connectivity index (χ1v) is 9.01. The third-order valence-electron chi connectivity index (χ3n) is 2.99. The van der Waals surface area contributed by atoms with Crippen molar-refractivity contribution in [3.63, 3.8) is 0 Å². The number of carbonyl (C=O) groups excluding carboxylic acids is 1. The Bertz CT molecular complexity index is 752. The second-order valence-corrected chi connectivity index (χ2v) is 7.28. The van der Waals surface area contributed by atoms with E-state index in [-0.39, 0.29) is 10.8 Å². The van der Waals surface area contributed by atoms with Crippen molar-refractivity contribution in [3.05, 3.63) is 40.9 Å². The standard InChI is InChI=1S/C14H17N3O3S2/c1-10-3-6-12(7-4-10)22(19,20)17-14-16-11(9-21-14)5-8-13(18)15-2/h3-4,6-7,9H,5,8H2,1-2H3,(H,15,18)(H,16,17). The molecule has 0 aliphatic carbocycles. The fourth-order valence-corrected chi connectivity index (χ4v) is 3.72. The number of nitrogens with zero attached hydrogens (tertiary/aromatic N) is 1. The van der Waals surface area contributed by atoms with Gasteiger partial charge in [0.2, 0.25) is 5.91 Å². The van der Waals surface area contributed by atoms with E-state index >= 15 is 0 Å². The van der Waals surface area contributed by atoms with E-state index in [1.807, 2.05) is 6.92 Å². The van der Waals surface area contributed by atoms with Crippen LogP contribution in [0, 0.1) is 6.92 Å². The molecule has 2 N–H and O–H groups in total. The van der Waals surface area contributed by atoms with Gasteiger partial charge in [0.1, 0.15) is 0 Å². The molecule has 118 valence electrons. The highest BCUT2D eigenvalue weighted by molar-refractivity contribution is 7.93. The van der Waals surface area contributed by atoms with Gasteiger partial charge in [0.25, 0.3) is 10.0 Å². The van der Waals surface area contributed by atoms with Crippen LogP contribution in [0.15, 0.2) is 34.5 Å². The quantitative estimate of drug-likeness (QED) is 0.842. The minimum absolute atomic E-state index is 0.0743. The van der Waals surface area contributed by atoms with Crippen LogP contribution in [-0.4, -0.2) is 26.4 Å². The number of thiazole rings is 1. The van der Waals surface area contributed by atoms with Crippen LogP contribution < -0.4 is 10.0 Å². The zero-order chi connectivity index (χ0) is 16.2. The van der Waals surface area contributed by atoms with E-state index in [2.05, 4.69) is 15.0 Å². The molecule has 0 saturated heterocycles. The predicted octanol–water partition coefficient (Wildman–Crippen LogP) is 1.93. The van der Waals surface area contributed by atoms with Crippen LogP contribution >= 0.6 is 11.3 Å². The molecule has 0 saturated carbocycles. The van der Waals surface area contributed by atoms with E-state index in [1.165, 1.54) is 11.3 Å². The Morgan fingerprint density at radius 1 is 1.27 bits per heavy atom. The van der Waals surface area contributed by atoms with Gasteiger partial charge in [0.05, 0.1) is 10.6 Å². The molecule has 22 heavy (non-hydrogen) atoms. The summed E-state index contributed by atoms with van der Waals surface area (Å²) in [5.74, 6) is -0.0743. The molecule has 0 spiro atoms. The van der Waals surface area contributed by atoms with Crippen molar-refractivity contribution in [1.29, 1.82) is 0 Å². The maximum absolute atomic E-state index is 12.2. The Morgan fingerprint density at radius 3 is 2.59 bits per heavy atom. The van der Waals surface area contributed by atoms with Gasteiger partial charge >= 0.3 is 0 Å².